The van der Waals surface area contributed by atoms with Gasteiger partial charge in [-0.25, -0.2) is 8.78 Å². The first kappa shape index (κ1) is 14.9. The molecule has 20 heavy (non-hydrogen) atoms. The standard InChI is InChI=1S/C14H17F2NO3/c1-20-12-6-11(8-18)17(7-12)14(19)5-9-4-10(15)2-3-13(9)16/h2-4,11-12,18H,5-8H2,1H3/t11-,12+/m0/s1. The van der Waals surface area contributed by atoms with Crippen molar-refractivity contribution in [2.45, 2.75) is 25.0 Å². The van der Waals surface area contributed by atoms with Crippen LogP contribution in [0, 0.1) is 11.6 Å². The third-order valence-corrected chi connectivity index (χ3v) is 3.59. The lowest BCUT2D eigenvalue weighted by molar-refractivity contribution is -0.132. The van der Waals surface area contributed by atoms with Gasteiger partial charge in [-0.15, -0.1) is 0 Å². The summed E-state index contributed by atoms with van der Waals surface area (Å²) in [6.07, 6.45) is 0.189. The summed E-state index contributed by atoms with van der Waals surface area (Å²) in [7, 11) is 1.54. The van der Waals surface area contributed by atoms with Crippen LogP contribution < -0.4 is 0 Å². The predicted octanol–water partition coefficient (Wildman–Crippen LogP) is 1.12. The molecule has 0 bridgehead atoms. The number of benzene rings is 1. The van der Waals surface area contributed by atoms with Gasteiger partial charge >= 0.3 is 0 Å². The van der Waals surface area contributed by atoms with E-state index in [4.69, 9.17) is 4.74 Å². The Balaban J connectivity index is 2.09. The smallest absolute Gasteiger partial charge is 0.227 e. The Kier molecular flexibility index (Phi) is 4.67. The fraction of sp³-hybridized carbons (Fsp3) is 0.500. The van der Waals surface area contributed by atoms with E-state index in [1.807, 2.05) is 0 Å². The number of carbonyl (C=O) groups is 1. The van der Waals surface area contributed by atoms with Gasteiger partial charge in [0, 0.05) is 19.2 Å². The molecule has 1 amide bonds. The van der Waals surface area contributed by atoms with Crippen molar-refractivity contribution in [3.63, 3.8) is 0 Å². The van der Waals surface area contributed by atoms with Gasteiger partial charge in [-0.2, -0.15) is 0 Å². The van der Waals surface area contributed by atoms with Gasteiger partial charge in [-0.05, 0) is 24.6 Å². The number of methoxy groups -OCH3 is 1. The molecule has 0 saturated carbocycles. The van der Waals surface area contributed by atoms with Crippen LogP contribution in [0.15, 0.2) is 18.2 Å². The van der Waals surface area contributed by atoms with Crippen LogP contribution in [0.3, 0.4) is 0 Å². The minimum atomic E-state index is -0.609. The van der Waals surface area contributed by atoms with E-state index in [-0.39, 0.29) is 36.6 Å². The molecular weight excluding hydrogens is 268 g/mol. The first-order valence-corrected chi connectivity index (χ1v) is 6.42. The van der Waals surface area contributed by atoms with Crippen LogP contribution in [-0.4, -0.2) is 48.3 Å². The molecule has 2 rings (SSSR count). The highest BCUT2D eigenvalue weighted by Crippen LogP contribution is 2.21. The van der Waals surface area contributed by atoms with Crippen molar-refractivity contribution in [2.75, 3.05) is 20.3 Å². The summed E-state index contributed by atoms with van der Waals surface area (Å²) in [5.74, 6) is -1.53. The van der Waals surface area contributed by atoms with E-state index in [9.17, 15) is 18.7 Å². The van der Waals surface area contributed by atoms with Crippen molar-refractivity contribution in [2.24, 2.45) is 0 Å². The Morgan fingerprint density at radius 3 is 2.90 bits per heavy atom. The number of amides is 1. The van der Waals surface area contributed by atoms with Crippen molar-refractivity contribution in [3.05, 3.63) is 35.4 Å². The minimum Gasteiger partial charge on any atom is -0.394 e. The van der Waals surface area contributed by atoms with Gasteiger partial charge in [0.1, 0.15) is 11.6 Å². The highest BCUT2D eigenvalue weighted by Gasteiger charge is 2.34. The quantitative estimate of drug-likeness (QED) is 0.902. The monoisotopic (exact) mass is 285 g/mol. The summed E-state index contributed by atoms with van der Waals surface area (Å²) < 4.78 is 31.8. The fourth-order valence-electron chi connectivity index (χ4n) is 2.47. The molecule has 1 aliphatic rings. The zero-order chi connectivity index (χ0) is 14.7. The average Bonchev–Trinajstić information content (AvgIpc) is 2.86. The highest BCUT2D eigenvalue weighted by molar-refractivity contribution is 5.79. The van der Waals surface area contributed by atoms with Crippen LogP contribution in [-0.2, 0) is 16.0 Å². The first-order valence-electron chi connectivity index (χ1n) is 6.42. The van der Waals surface area contributed by atoms with E-state index in [1.54, 1.807) is 7.11 Å². The number of ether oxygens (including phenoxy) is 1. The SMILES string of the molecule is CO[C@@H]1C[C@@H](CO)N(C(=O)Cc2cc(F)ccc2F)C1. The second-order valence-corrected chi connectivity index (χ2v) is 4.89. The molecule has 1 aromatic carbocycles. The molecule has 0 aliphatic carbocycles. The van der Waals surface area contributed by atoms with Gasteiger partial charge in [0.25, 0.3) is 0 Å². The normalized spacial score (nSPS) is 22.3. The summed E-state index contributed by atoms with van der Waals surface area (Å²) >= 11 is 0. The maximum absolute atomic E-state index is 13.5. The summed E-state index contributed by atoms with van der Waals surface area (Å²) in [5, 5.41) is 9.28. The molecule has 0 spiro atoms. The van der Waals surface area contributed by atoms with Crippen LogP contribution in [0.5, 0.6) is 0 Å². The molecule has 1 aromatic rings. The van der Waals surface area contributed by atoms with E-state index >= 15 is 0 Å². The van der Waals surface area contributed by atoms with Crippen molar-refractivity contribution in [1.29, 1.82) is 0 Å². The Labute approximate surface area is 116 Å². The highest BCUT2D eigenvalue weighted by atomic mass is 19.1. The molecule has 4 nitrogen and oxygen atoms in total. The van der Waals surface area contributed by atoms with Gasteiger partial charge in [-0.1, -0.05) is 0 Å². The lowest BCUT2D eigenvalue weighted by Gasteiger charge is -2.22. The van der Waals surface area contributed by atoms with E-state index in [1.165, 1.54) is 4.90 Å². The maximum Gasteiger partial charge on any atom is 0.227 e. The predicted molar refractivity (Wildman–Crippen MR) is 68.1 cm³/mol. The lowest BCUT2D eigenvalue weighted by Crippen LogP contribution is -2.39. The summed E-state index contributed by atoms with van der Waals surface area (Å²) in [5.41, 5.74) is 0.0209. The summed E-state index contributed by atoms with van der Waals surface area (Å²) in [6, 6.07) is 2.70. The molecule has 2 atom stereocenters. The number of aliphatic hydroxyl groups excluding tert-OH is 1. The Morgan fingerprint density at radius 1 is 1.50 bits per heavy atom. The molecular formula is C14H17F2NO3. The van der Waals surface area contributed by atoms with Crippen LogP contribution in [0.4, 0.5) is 8.78 Å². The Morgan fingerprint density at radius 2 is 2.25 bits per heavy atom. The topological polar surface area (TPSA) is 49.8 Å². The zero-order valence-electron chi connectivity index (χ0n) is 11.2. The second kappa shape index (κ2) is 6.28. The van der Waals surface area contributed by atoms with E-state index in [0.29, 0.717) is 13.0 Å². The van der Waals surface area contributed by atoms with Crippen LogP contribution in [0.1, 0.15) is 12.0 Å². The van der Waals surface area contributed by atoms with E-state index in [0.717, 1.165) is 18.2 Å². The van der Waals surface area contributed by atoms with E-state index in [2.05, 4.69) is 0 Å². The van der Waals surface area contributed by atoms with Crippen molar-refractivity contribution in [3.8, 4) is 0 Å². The van der Waals surface area contributed by atoms with Crippen molar-refractivity contribution in [1.82, 2.24) is 4.90 Å². The number of hydrogen-bond acceptors (Lipinski definition) is 3. The number of aliphatic hydroxyl groups is 1. The molecule has 1 saturated heterocycles. The number of halogens is 2. The minimum absolute atomic E-state index is 0.0209. The third-order valence-electron chi connectivity index (χ3n) is 3.59. The molecule has 1 aliphatic heterocycles. The molecule has 1 fully saturated rings. The largest absolute Gasteiger partial charge is 0.394 e. The molecule has 0 radical (unpaired) electrons. The van der Waals surface area contributed by atoms with Crippen molar-refractivity contribution >= 4 is 5.91 Å². The molecule has 1 N–H and O–H groups in total. The van der Waals surface area contributed by atoms with Crippen LogP contribution in [0.25, 0.3) is 0 Å². The number of nitrogens with zero attached hydrogens (tertiary/aromatic N) is 1. The van der Waals surface area contributed by atoms with E-state index < -0.39 is 11.6 Å². The number of rotatable bonds is 4. The summed E-state index contributed by atoms with van der Waals surface area (Å²) in [4.78, 5) is 13.6. The van der Waals surface area contributed by atoms with Gasteiger partial charge in [0.05, 0.1) is 25.2 Å². The lowest BCUT2D eigenvalue weighted by atomic mass is 10.1. The second-order valence-electron chi connectivity index (χ2n) is 4.89. The van der Waals surface area contributed by atoms with Gasteiger partial charge in [0.15, 0.2) is 0 Å². The maximum atomic E-state index is 13.5. The number of hydrogen-bond donors (Lipinski definition) is 1. The Hall–Kier alpha value is -1.53. The van der Waals surface area contributed by atoms with Crippen molar-refractivity contribution < 1.29 is 23.4 Å². The first-order chi connectivity index (χ1) is 9.55. The van der Waals surface area contributed by atoms with Gasteiger partial charge in [0.2, 0.25) is 5.91 Å². The van der Waals surface area contributed by atoms with Crippen LogP contribution in [0.2, 0.25) is 0 Å². The fourth-order valence-corrected chi connectivity index (χ4v) is 2.47. The summed E-state index contributed by atoms with van der Waals surface area (Å²) in [6.45, 7) is 0.189. The molecule has 0 aromatic heterocycles. The Bertz CT molecular complexity index is 495. The zero-order valence-corrected chi connectivity index (χ0v) is 11.2. The average molecular weight is 285 g/mol. The molecule has 0 unspecified atom stereocenters. The van der Waals surface area contributed by atoms with Gasteiger partial charge < -0.3 is 14.7 Å². The van der Waals surface area contributed by atoms with Gasteiger partial charge in [-0.3, -0.25) is 4.79 Å². The molecule has 1 heterocycles. The number of likely N-dealkylation sites (tertiary alicyclic amines) is 1. The molecule has 6 heteroatoms. The molecule has 110 valence electrons. The third kappa shape index (κ3) is 3.13. The number of carbonyl (C=O) groups excluding carboxylic acids is 1. The van der Waals surface area contributed by atoms with Crippen LogP contribution >= 0.6 is 0 Å².